The third kappa shape index (κ3) is 4.36. The van der Waals surface area contributed by atoms with Gasteiger partial charge in [-0.1, -0.05) is 18.2 Å². The minimum atomic E-state index is -0.710. The van der Waals surface area contributed by atoms with Crippen LogP contribution in [0.5, 0.6) is 5.75 Å². The molecule has 0 aliphatic rings. The molecule has 3 N–H and O–H groups in total. The Morgan fingerprint density at radius 2 is 1.71 bits per heavy atom. The monoisotopic (exact) mass is 455 g/mol. The van der Waals surface area contributed by atoms with Gasteiger partial charge in [0.2, 0.25) is 5.91 Å². The van der Waals surface area contributed by atoms with Gasteiger partial charge in [0, 0.05) is 34.0 Å². The number of hydrogen-bond acceptors (Lipinski definition) is 3. The molecular weight excluding hydrogens is 436 g/mol. The highest BCUT2D eigenvalue weighted by molar-refractivity contribution is 6.11. The second kappa shape index (κ2) is 8.78. The first-order chi connectivity index (χ1) is 16.5. The first-order valence-corrected chi connectivity index (χ1v) is 10.6. The third-order valence-corrected chi connectivity index (χ3v) is 5.45. The van der Waals surface area contributed by atoms with Gasteiger partial charge in [-0.25, -0.2) is 13.8 Å². The first-order valence-electron chi connectivity index (χ1n) is 10.6. The molecule has 0 radical (unpaired) electrons. The molecule has 5 aromatic rings. The Bertz CT molecular complexity index is 1540. The molecule has 0 saturated heterocycles. The molecule has 5 rings (SSSR count). The zero-order valence-corrected chi connectivity index (χ0v) is 17.8. The van der Waals surface area contributed by atoms with Crippen molar-refractivity contribution in [3.8, 4) is 17.0 Å². The van der Waals surface area contributed by atoms with E-state index in [-0.39, 0.29) is 17.9 Å². The molecular formula is C27H19F2N3O2. The van der Waals surface area contributed by atoms with Gasteiger partial charge in [0.1, 0.15) is 17.4 Å². The summed E-state index contributed by atoms with van der Waals surface area (Å²) in [4.78, 5) is 20.5. The summed E-state index contributed by atoms with van der Waals surface area (Å²) in [6, 6.07) is 19.6. The van der Waals surface area contributed by atoms with Gasteiger partial charge in [-0.2, -0.15) is 0 Å². The number of carbonyl (C=O) groups is 1. The van der Waals surface area contributed by atoms with Gasteiger partial charge in [0.15, 0.2) is 0 Å². The number of nitrogens with one attached hydrogen (secondary N) is 2. The second-order valence-electron chi connectivity index (χ2n) is 7.86. The summed E-state index contributed by atoms with van der Waals surface area (Å²) in [5.74, 6) is -1.68. The van der Waals surface area contributed by atoms with E-state index in [1.807, 2.05) is 30.3 Å². The number of fused-ring (bicyclic) bond motifs is 3. The molecule has 1 amide bonds. The number of nitrogens with zero attached hydrogens (tertiary/aromatic N) is 1. The summed E-state index contributed by atoms with van der Waals surface area (Å²) in [5, 5.41) is 14.4. The van der Waals surface area contributed by atoms with Crippen LogP contribution in [0.15, 0.2) is 78.9 Å². The van der Waals surface area contributed by atoms with Crippen LogP contribution in [0, 0.1) is 11.6 Å². The van der Waals surface area contributed by atoms with Crippen molar-refractivity contribution in [2.75, 3.05) is 0 Å². The van der Waals surface area contributed by atoms with E-state index < -0.39 is 17.5 Å². The van der Waals surface area contributed by atoms with Gasteiger partial charge in [-0.05, 0) is 60.2 Å². The molecule has 0 aliphatic heterocycles. The summed E-state index contributed by atoms with van der Waals surface area (Å²) >= 11 is 0. The van der Waals surface area contributed by atoms with Crippen LogP contribution in [0.4, 0.5) is 8.78 Å². The third-order valence-electron chi connectivity index (χ3n) is 5.45. The van der Waals surface area contributed by atoms with E-state index in [1.54, 1.807) is 24.3 Å². The summed E-state index contributed by atoms with van der Waals surface area (Å²) < 4.78 is 26.7. The van der Waals surface area contributed by atoms with E-state index in [1.165, 1.54) is 12.2 Å². The number of halogens is 2. The van der Waals surface area contributed by atoms with Crippen molar-refractivity contribution in [3.63, 3.8) is 0 Å². The van der Waals surface area contributed by atoms with E-state index >= 15 is 0 Å². The fraction of sp³-hybridized carbons (Fsp3) is 0.0370. The molecule has 5 nitrogen and oxygen atoms in total. The number of aromatic nitrogens is 2. The predicted molar refractivity (Wildman–Crippen MR) is 128 cm³/mol. The molecule has 34 heavy (non-hydrogen) atoms. The minimum absolute atomic E-state index is 0.154. The summed E-state index contributed by atoms with van der Waals surface area (Å²) in [5.41, 5.74) is 4.22. The molecule has 0 fully saturated rings. The van der Waals surface area contributed by atoms with Crippen molar-refractivity contribution in [3.05, 3.63) is 102 Å². The van der Waals surface area contributed by atoms with Crippen LogP contribution in [0.3, 0.4) is 0 Å². The smallest absolute Gasteiger partial charge is 0.244 e. The molecule has 0 saturated carbocycles. The Hall–Kier alpha value is -4.52. The van der Waals surface area contributed by atoms with E-state index in [0.717, 1.165) is 45.6 Å². The fourth-order valence-electron chi connectivity index (χ4n) is 3.90. The highest BCUT2D eigenvalue weighted by Gasteiger charge is 2.14. The largest absolute Gasteiger partial charge is 0.508 e. The molecule has 0 aliphatic carbocycles. The lowest BCUT2D eigenvalue weighted by Crippen LogP contribution is -2.21. The maximum atomic E-state index is 13.3. The number of rotatable bonds is 5. The molecule has 0 spiro atoms. The molecule has 0 atom stereocenters. The van der Waals surface area contributed by atoms with Crippen molar-refractivity contribution in [2.45, 2.75) is 6.54 Å². The molecule has 2 aromatic heterocycles. The lowest BCUT2D eigenvalue weighted by Gasteiger charge is -2.08. The number of para-hydroxylation sites is 1. The number of phenolic OH excluding ortho intramolecular Hbond substituents is 1. The van der Waals surface area contributed by atoms with Gasteiger partial charge < -0.3 is 15.4 Å². The van der Waals surface area contributed by atoms with Crippen molar-refractivity contribution >= 4 is 33.8 Å². The maximum Gasteiger partial charge on any atom is 0.244 e. The average Bonchev–Trinajstić information content (AvgIpc) is 3.19. The van der Waals surface area contributed by atoms with Crippen LogP contribution in [0.25, 0.3) is 39.1 Å². The van der Waals surface area contributed by atoms with Crippen molar-refractivity contribution in [1.29, 1.82) is 0 Å². The molecule has 3 aromatic carbocycles. The van der Waals surface area contributed by atoms with Crippen LogP contribution in [-0.4, -0.2) is 21.0 Å². The average molecular weight is 455 g/mol. The van der Waals surface area contributed by atoms with Gasteiger partial charge in [0.05, 0.1) is 23.4 Å². The van der Waals surface area contributed by atoms with Crippen LogP contribution >= 0.6 is 0 Å². The fourth-order valence-corrected chi connectivity index (χ4v) is 3.90. The number of benzene rings is 3. The number of amides is 1. The molecule has 168 valence electrons. The van der Waals surface area contributed by atoms with Gasteiger partial charge >= 0.3 is 0 Å². The standard InChI is InChI=1S/C27H19F2N3O2/c28-18-11-16(12-19(29)13-18)5-10-25(34)30-15-20-14-23-22-3-1-2-4-24(22)32-27(23)26(31-20)17-6-8-21(33)9-7-17/h1-14,32-33H,15H2,(H,30,34)/b10-5+. The van der Waals surface area contributed by atoms with Crippen LogP contribution in [0.1, 0.15) is 11.3 Å². The number of carbonyl (C=O) groups excluding carboxylic acids is 1. The SMILES string of the molecule is O=C(/C=C/c1cc(F)cc(F)c1)NCc1cc2c([nH]c3ccccc32)c(-c2ccc(O)cc2)n1. The summed E-state index contributed by atoms with van der Waals surface area (Å²) in [7, 11) is 0. The predicted octanol–water partition coefficient (Wildman–Crippen LogP) is 5.70. The minimum Gasteiger partial charge on any atom is -0.508 e. The van der Waals surface area contributed by atoms with Crippen molar-refractivity contribution in [1.82, 2.24) is 15.3 Å². The van der Waals surface area contributed by atoms with E-state index in [4.69, 9.17) is 4.98 Å². The lowest BCUT2D eigenvalue weighted by molar-refractivity contribution is -0.116. The Kier molecular flexibility index (Phi) is 5.51. The van der Waals surface area contributed by atoms with Crippen molar-refractivity contribution in [2.24, 2.45) is 0 Å². The Morgan fingerprint density at radius 3 is 2.47 bits per heavy atom. The quantitative estimate of drug-likeness (QED) is 0.298. The van der Waals surface area contributed by atoms with Crippen LogP contribution in [-0.2, 0) is 11.3 Å². The van der Waals surface area contributed by atoms with Gasteiger partial charge in [-0.15, -0.1) is 0 Å². The molecule has 7 heteroatoms. The number of aromatic hydroxyl groups is 1. The number of hydrogen-bond donors (Lipinski definition) is 3. The van der Waals surface area contributed by atoms with E-state index in [9.17, 15) is 18.7 Å². The number of pyridine rings is 1. The Morgan fingerprint density at radius 1 is 0.971 bits per heavy atom. The number of phenols is 1. The Labute approximate surface area is 193 Å². The zero-order chi connectivity index (χ0) is 23.7. The lowest BCUT2D eigenvalue weighted by atomic mass is 10.1. The highest BCUT2D eigenvalue weighted by Crippen LogP contribution is 2.33. The number of H-pyrrole nitrogens is 1. The topological polar surface area (TPSA) is 78.0 Å². The molecule has 2 heterocycles. The van der Waals surface area contributed by atoms with E-state index in [2.05, 4.69) is 10.3 Å². The first kappa shape index (κ1) is 21.3. The van der Waals surface area contributed by atoms with Crippen molar-refractivity contribution < 1.29 is 18.7 Å². The van der Waals surface area contributed by atoms with Crippen LogP contribution in [0.2, 0.25) is 0 Å². The zero-order valence-electron chi connectivity index (χ0n) is 17.8. The Balaban J connectivity index is 1.46. The van der Waals surface area contributed by atoms with Crippen LogP contribution < -0.4 is 5.32 Å². The normalized spacial score (nSPS) is 11.5. The maximum absolute atomic E-state index is 13.3. The highest BCUT2D eigenvalue weighted by atomic mass is 19.1. The van der Waals surface area contributed by atoms with E-state index in [0.29, 0.717) is 11.4 Å². The molecule has 0 unspecified atom stereocenters. The number of aromatic amines is 1. The second-order valence-corrected chi connectivity index (χ2v) is 7.86. The van der Waals surface area contributed by atoms with Gasteiger partial charge in [-0.3, -0.25) is 4.79 Å². The van der Waals surface area contributed by atoms with Gasteiger partial charge in [0.25, 0.3) is 0 Å². The summed E-state index contributed by atoms with van der Waals surface area (Å²) in [6.45, 7) is 0.154. The summed E-state index contributed by atoms with van der Waals surface area (Å²) in [6.07, 6.45) is 2.57. The molecule has 0 bridgehead atoms.